The van der Waals surface area contributed by atoms with Crippen LogP contribution in [0, 0.1) is 13.8 Å². The second kappa shape index (κ2) is 13.7. The molecule has 0 fully saturated rings. The van der Waals surface area contributed by atoms with E-state index >= 15 is 0 Å². The van der Waals surface area contributed by atoms with E-state index in [1.165, 1.54) is 17.3 Å². The predicted octanol–water partition coefficient (Wildman–Crippen LogP) is 5.95. The molecule has 0 aliphatic heterocycles. The fourth-order valence-electron chi connectivity index (χ4n) is 3.93. The predicted molar refractivity (Wildman–Crippen MR) is 145 cm³/mol. The highest BCUT2D eigenvalue weighted by molar-refractivity contribution is 8.00. The Labute approximate surface area is 214 Å². The number of amides is 2. The van der Waals surface area contributed by atoms with E-state index in [-0.39, 0.29) is 17.6 Å². The van der Waals surface area contributed by atoms with Crippen LogP contribution < -0.4 is 5.32 Å². The van der Waals surface area contributed by atoms with E-state index in [0.29, 0.717) is 19.5 Å². The zero-order valence-electron chi connectivity index (χ0n) is 21.0. The van der Waals surface area contributed by atoms with E-state index in [0.717, 1.165) is 34.4 Å². The largest absolute Gasteiger partial charge is 0.354 e. The van der Waals surface area contributed by atoms with Gasteiger partial charge >= 0.3 is 0 Å². The molecule has 1 N–H and O–H groups in total. The van der Waals surface area contributed by atoms with Crippen molar-refractivity contribution in [3.05, 3.63) is 101 Å². The topological polar surface area (TPSA) is 49.4 Å². The molecule has 3 rings (SSSR count). The summed E-state index contributed by atoms with van der Waals surface area (Å²) >= 11 is 1.51. The average molecular weight is 489 g/mol. The molecule has 0 spiro atoms. The Morgan fingerprint density at radius 1 is 0.886 bits per heavy atom. The molecule has 184 valence electrons. The van der Waals surface area contributed by atoms with Gasteiger partial charge in [0, 0.05) is 24.4 Å². The van der Waals surface area contributed by atoms with Gasteiger partial charge in [0.2, 0.25) is 11.8 Å². The van der Waals surface area contributed by atoms with Crippen LogP contribution in [-0.2, 0) is 22.6 Å². The summed E-state index contributed by atoms with van der Waals surface area (Å²) in [5.41, 5.74) is 4.39. The molecule has 0 bridgehead atoms. The van der Waals surface area contributed by atoms with E-state index < -0.39 is 6.04 Å². The van der Waals surface area contributed by atoms with Gasteiger partial charge in [-0.1, -0.05) is 91.2 Å². The Hall–Kier alpha value is -3.05. The highest BCUT2D eigenvalue weighted by atomic mass is 32.2. The van der Waals surface area contributed by atoms with Crippen molar-refractivity contribution >= 4 is 23.6 Å². The minimum absolute atomic E-state index is 0.0383. The van der Waals surface area contributed by atoms with Crippen molar-refractivity contribution in [1.82, 2.24) is 10.2 Å². The second-order valence-corrected chi connectivity index (χ2v) is 10.0. The molecule has 0 saturated heterocycles. The lowest BCUT2D eigenvalue weighted by atomic mass is 10.0. The van der Waals surface area contributed by atoms with E-state index in [1.54, 1.807) is 4.90 Å². The van der Waals surface area contributed by atoms with Crippen molar-refractivity contribution in [3.63, 3.8) is 0 Å². The maximum absolute atomic E-state index is 13.7. The molecule has 4 nitrogen and oxygen atoms in total. The number of nitrogens with zero attached hydrogens (tertiary/aromatic N) is 1. The van der Waals surface area contributed by atoms with Gasteiger partial charge in [0.15, 0.2) is 0 Å². The van der Waals surface area contributed by atoms with E-state index in [2.05, 4.69) is 37.4 Å². The summed E-state index contributed by atoms with van der Waals surface area (Å²) in [4.78, 5) is 29.9. The Balaban J connectivity index is 1.87. The quantitative estimate of drug-likeness (QED) is 0.253. The van der Waals surface area contributed by atoms with Gasteiger partial charge in [0.05, 0.1) is 5.75 Å². The molecule has 0 aliphatic rings. The van der Waals surface area contributed by atoms with Crippen molar-refractivity contribution in [2.45, 2.75) is 57.5 Å². The van der Waals surface area contributed by atoms with Crippen LogP contribution in [0.5, 0.6) is 0 Å². The lowest BCUT2D eigenvalue weighted by molar-refractivity contribution is -0.139. The van der Waals surface area contributed by atoms with Crippen molar-refractivity contribution in [2.75, 3.05) is 12.3 Å². The van der Waals surface area contributed by atoms with Crippen LogP contribution in [-0.4, -0.2) is 35.1 Å². The summed E-state index contributed by atoms with van der Waals surface area (Å²) in [5, 5.41) is 3.08. The third-order valence-electron chi connectivity index (χ3n) is 5.92. The number of carbonyl (C=O) groups is 2. The molecule has 0 aromatic heterocycles. The third kappa shape index (κ3) is 8.59. The van der Waals surface area contributed by atoms with E-state index in [1.807, 2.05) is 67.6 Å². The fraction of sp³-hybridized carbons (Fsp3) is 0.333. The van der Waals surface area contributed by atoms with Crippen LogP contribution >= 0.6 is 11.8 Å². The minimum Gasteiger partial charge on any atom is -0.354 e. The Kier molecular flexibility index (Phi) is 10.4. The van der Waals surface area contributed by atoms with Gasteiger partial charge in [-0.05, 0) is 43.5 Å². The molecule has 1 unspecified atom stereocenters. The van der Waals surface area contributed by atoms with Gasteiger partial charge in [-0.2, -0.15) is 0 Å². The first kappa shape index (κ1) is 26.6. The minimum atomic E-state index is -0.583. The lowest BCUT2D eigenvalue weighted by Gasteiger charge is -2.31. The molecular weight excluding hydrogens is 452 g/mol. The highest BCUT2D eigenvalue weighted by Crippen LogP contribution is 2.22. The van der Waals surface area contributed by atoms with Crippen LogP contribution in [0.4, 0.5) is 0 Å². The summed E-state index contributed by atoms with van der Waals surface area (Å²) in [5.74, 6) is 0.148. The molecule has 3 aromatic carbocycles. The zero-order chi connectivity index (χ0) is 25.0. The molecule has 35 heavy (non-hydrogen) atoms. The number of benzene rings is 3. The molecule has 3 aromatic rings. The fourth-order valence-corrected chi connectivity index (χ4v) is 4.71. The molecule has 0 aliphatic carbocycles. The maximum Gasteiger partial charge on any atom is 0.243 e. The molecule has 2 amide bonds. The van der Waals surface area contributed by atoms with Gasteiger partial charge < -0.3 is 10.2 Å². The van der Waals surface area contributed by atoms with Crippen molar-refractivity contribution in [2.24, 2.45) is 0 Å². The van der Waals surface area contributed by atoms with Gasteiger partial charge in [0.25, 0.3) is 0 Å². The van der Waals surface area contributed by atoms with Crippen molar-refractivity contribution in [1.29, 1.82) is 0 Å². The summed E-state index contributed by atoms with van der Waals surface area (Å²) in [6, 6.07) is 25.7. The Morgan fingerprint density at radius 2 is 1.60 bits per heavy atom. The monoisotopic (exact) mass is 488 g/mol. The number of thioether (sulfide) groups is 1. The van der Waals surface area contributed by atoms with E-state index in [4.69, 9.17) is 0 Å². The average Bonchev–Trinajstić information content (AvgIpc) is 2.86. The normalized spacial score (nSPS) is 11.6. The van der Waals surface area contributed by atoms with Gasteiger partial charge in [-0.25, -0.2) is 0 Å². The van der Waals surface area contributed by atoms with Crippen LogP contribution in [0.2, 0.25) is 0 Å². The summed E-state index contributed by atoms with van der Waals surface area (Å²) in [7, 11) is 0. The van der Waals surface area contributed by atoms with Gasteiger partial charge in [0.1, 0.15) is 6.04 Å². The number of hydrogen-bond acceptors (Lipinski definition) is 3. The van der Waals surface area contributed by atoms with Crippen molar-refractivity contribution in [3.8, 4) is 0 Å². The number of nitrogens with one attached hydrogen (secondary N) is 1. The van der Waals surface area contributed by atoms with Crippen LogP contribution in [0.15, 0.2) is 83.8 Å². The number of hydrogen-bond donors (Lipinski definition) is 1. The molecule has 0 radical (unpaired) electrons. The Morgan fingerprint density at radius 3 is 2.29 bits per heavy atom. The van der Waals surface area contributed by atoms with Crippen LogP contribution in [0.1, 0.15) is 42.0 Å². The van der Waals surface area contributed by atoms with Crippen LogP contribution in [0.25, 0.3) is 0 Å². The molecule has 5 heteroatoms. The Bertz CT molecular complexity index is 1080. The highest BCUT2D eigenvalue weighted by Gasteiger charge is 2.30. The lowest BCUT2D eigenvalue weighted by Crippen LogP contribution is -2.51. The number of rotatable bonds is 12. The second-order valence-electron chi connectivity index (χ2n) is 8.96. The molecule has 0 heterocycles. The van der Waals surface area contributed by atoms with Crippen molar-refractivity contribution < 1.29 is 9.59 Å². The standard InChI is InChI=1S/C30H36N2O2S/c1-4-5-18-31-30(34)28(20-25-11-7-6-8-12-25)32(21-26-13-9-10-24(3)19-26)29(33)22-35-27-16-14-23(2)15-17-27/h6-17,19,28H,4-5,18,20-22H2,1-3H3,(H,31,34). The molecular formula is C30H36N2O2S. The number of unbranched alkanes of at least 4 members (excludes halogenated alkanes) is 1. The first-order valence-corrected chi connectivity index (χ1v) is 13.3. The molecule has 1 atom stereocenters. The van der Waals surface area contributed by atoms with E-state index in [9.17, 15) is 9.59 Å². The van der Waals surface area contributed by atoms with Crippen LogP contribution in [0.3, 0.4) is 0 Å². The first-order valence-electron chi connectivity index (χ1n) is 12.3. The maximum atomic E-state index is 13.7. The number of aryl methyl sites for hydroxylation is 2. The van der Waals surface area contributed by atoms with Gasteiger partial charge in [-0.15, -0.1) is 11.8 Å². The summed E-state index contributed by atoms with van der Waals surface area (Å²) < 4.78 is 0. The summed E-state index contributed by atoms with van der Waals surface area (Å²) in [6.07, 6.45) is 2.40. The SMILES string of the molecule is CCCCNC(=O)C(Cc1ccccc1)N(Cc1cccc(C)c1)C(=O)CSc1ccc(C)cc1. The van der Waals surface area contributed by atoms with Gasteiger partial charge in [-0.3, -0.25) is 9.59 Å². The zero-order valence-corrected chi connectivity index (χ0v) is 21.8. The molecule has 0 saturated carbocycles. The first-order chi connectivity index (χ1) is 17.0. The summed E-state index contributed by atoms with van der Waals surface area (Å²) in [6.45, 7) is 7.21. The number of carbonyl (C=O) groups excluding carboxylic acids is 2. The third-order valence-corrected chi connectivity index (χ3v) is 6.92. The smallest absolute Gasteiger partial charge is 0.243 e.